The van der Waals surface area contributed by atoms with E-state index in [0.717, 1.165) is 5.56 Å². The van der Waals surface area contributed by atoms with Gasteiger partial charge in [-0.25, -0.2) is 4.79 Å². The fraction of sp³-hybridized carbons (Fsp3) is 0.211. The minimum Gasteiger partial charge on any atom is -0.497 e. The lowest BCUT2D eigenvalue weighted by Gasteiger charge is -2.25. The van der Waals surface area contributed by atoms with Gasteiger partial charge >= 0.3 is 5.97 Å². The maximum absolute atomic E-state index is 12.3. The minimum atomic E-state index is -1.12. The fourth-order valence-electron chi connectivity index (χ4n) is 3.40. The Morgan fingerprint density at radius 3 is 2.70 bits per heavy atom. The van der Waals surface area contributed by atoms with E-state index in [1.165, 1.54) is 6.20 Å². The van der Waals surface area contributed by atoms with Crippen LogP contribution in [0.5, 0.6) is 5.75 Å². The van der Waals surface area contributed by atoms with Gasteiger partial charge in [-0.1, -0.05) is 17.3 Å². The van der Waals surface area contributed by atoms with Crippen LogP contribution in [0.1, 0.15) is 39.7 Å². The highest BCUT2D eigenvalue weighted by Crippen LogP contribution is 2.41. The van der Waals surface area contributed by atoms with E-state index < -0.39 is 5.97 Å². The average Bonchev–Trinajstić information content (AvgIpc) is 3.24. The molecule has 2 N–H and O–H groups in total. The molecule has 138 valence electrons. The summed E-state index contributed by atoms with van der Waals surface area (Å²) in [5.74, 6) is 0.0783. The Hall–Kier alpha value is -3.55. The van der Waals surface area contributed by atoms with Gasteiger partial charge in [-0.05, 0) is 24.6 Å². The Morgan fingerprint density at radius 1 is 1.37 bits per heavy atom. The minimum absolute atomic E-state index is 0.0113. The number of benzene rings is 1. The van der Waals surface area contributed by atoms with Gasteiger partial charge in [0, 0.05) is 24.6 Å². The number of rotatable bonds is 4. The van der Waals surface area contributed by atoms with Crippen molar-refractivity contribution in [1.82, 2.24) is 9.72 Å². The molecule has 0 spiro atoms. The zero-order chi connectivity index (χ0) is 19.1. The summed E-state index contributed by atoms with van der Waals surface area (Å²) in [6.45, 7) is 1.76. The van der Waals surface area contributed by atoms with E-state index >= 15 is 0 Å². The van der Waals surface area contributed by atoms with Crippen molar-refractivity contribution in [3.63, 3.8) is 0 Å². The third kappa shape index (κ3) is 2.84. The fourth-order valence-corrected chi connectivity index (χ4v) is 3.40. The van der Waals surface area contributed by atoms with Gasteiger partial charge in [0.1, 0.15) is 17.1 Å². The van der Waals surface area contributed by atoms with Crippen LogP contribution in [0.4, 0.5) is 5.69 Å². The normalized spacial score (nSPS) is 15.9. The van der Waals surface area contributed by atoms with Crippen LogP contribution in [0.15, 0.2) is 41.1 Å². The van der Waals surface area contributed by atoms with Crippen molar-refractivity contribution in [2.45, 2.75) is 19.3 Å². The van der Waals surface area contributed by atoms with Gasteiger partial charge in [0.15, 0.2) is 5.82 Å². The topological polar surface area (TPSA) is 107 Å². The highest BCUT2D eigenvalue weighted by atomic mass is 16.5. The number of nitrogens with zero attached hydrogens (tertiary/aromatic N) is 2. The lowest BCUT2D eigenvalue weighted by molar-refractivity contribution is -0.116. The lowest BCUT2D eigenvalue weighted by atomic mass is 9.88. The van der Waals surface area contributed by atoms with Gasteiger partial charge in [-0.15, -0.1) is 0 Å². The van der Waals surface area contributed by atoms with Crippen LogP contribution >= 0.6 is 0 Å². The van der Waals surface area contributed by atoms with Crippen molar-refractivity contribution < 1.29 is 24.0 Å². The van der Waals surface area contributed by atoms with Crippen molar-refractivity contribution in [1.29, 1.82) is 0 Å². The van der Waals surface area contributed by atoms with Crippen LogP contribution in [-0.4, -0.2) is 33.8 Å². The third-order valence-corrected chi connectivity index (χ3v) is 4.64. The number of aryl methyl sites for hydroxylation is 1. The average molecular weight is 367 g/mol. The molecule has 0 saturated carbocycles. The van der Waals surface area contributed by atoms with E-state index in [2.05, 4.69) is 10.5 Å². The molecule has 2 aromatic heterocycles. The molecule has 27 heavy (non-hydrogen) atoms. The Labute approximate surface area is 154 Å². The summed E-state index contributed by atoms with van der Waals surface area (Å²) < 4.78 is 12.0. The number of methoxy groups -OCH3 is 1. The van der Waals surface area contributed by atoms with E-state index in [0.29, 0.717) is 28.7 Å². The van der Waals surface area contributed by atoms with Crippen LogP contribution in [-0.2, 0) is 4.79 Å². The molecule has 3 heterocycles. The van der Waals surface area contributed by atoms with Crippen molar-refractivity contribution in [3.05, 3.63) is 59.1 Å². The number of amides is 1. The molecule has 1 aliphatic heterocycles. The Kier molecular flexibility index (Phi) is 3.95. The number of carbonyl (C=O) groups excluding carboxylic acids is 1. The van der Waals surface area contributed by atoms with Crippen LogP contribution in [0.25, 0.3) is 5.82 Å². The number of carbonyl (C=O) groups is 2. The number of hydrogen-bond acceptors (Lipinski definition) is 5. The number of aromatic carboxylic acids is 1. The molecule has 0 saturated heterocycles. The van der Waals surface area contributed by atoms with Crippen molar-refractivity contribution in [2.24, 2.45) is 0 Å². The first kappa shape index (κ1) is 16.9. The quantitative estimate of drug-likeness (QED) is 0.734. The summed E-state index contributed by atoms with van der Waals surface area (Å²) in [6, 6.07) is 9.09. The van der Waals surface area contributed by atoms with Gasteiger partial charge in [0.05, 0.1) is 18.5 Å². The van der Waals surface area contributed by atoms with Crippen LogP contribution in [0.2, 0.25) is 0 Å². The van der Waals surface area contributed by atoms with Crippen LogP contribution in [0.3, 0.4) is 0 Å². The second-order valence-electron chi connectivity index (χ2n) is 6.35. The zero-order valence-electron chi connectivity index (χ0n) is 14.7. The molecule has 0 radical (unpaired) electrons. The second-order valence-corrected chi connectivity index (χ2v) is 6.35. The van der Waals surface area contributed by atoms with Crippen molar-refractivity contribution >= 4 is 17.6 Å². The number of hydrogen-bond donors (Lipinski definition) is 2. The Balaban J connectivity index is 1.92. The SMILES string of the molecule is COc1ccc([C@H]2CC(=O)Nc3c(C(=O)O)cn(-c4cc(C)on4)c32)cc1. The second kappa shape index (κ2) is 6.31. The summed E-state index contributed by atoms with van der Waals surface area (Å²) in [7, 11) is 1.58. The predicted octanol–water partition coefficient (Wildman–Crippen LogP) is 2.95. The lowest BCUT2D eigenvalue weighted by Crippen LogP contribution is -2.25. The summed E-state index contributed by atoms with van der Waals surface area (Å²) in [5.41, 5.74) is 1.84. The van der Waals surface area contributed by atoms with Crippen molar-refractivity contribution in [2.75, 3.05) is 12.4 Å². The molecule has 1 atom stereocenters. The van der Waals surface area contributed by atoms with E-state index in [-0.39, 0.29) is 23.8 Å². The van der Waals surface area contributed by atoms with E-state index in [9.17, 15) is 14.7 Å². The molecular weight excluding hydrogens is 350 g/mol. The van der Waals surface area contributed by atoms with Crippen molar-refractivity contribution in [3.8, 4) is 11.6 Å². The van der Waals surface area contributed by atoms with Gasteiger partial charge < -0.3 is 19.7 Å². The first-order chi connectivity index (χ1) is 13.0. The van der Waals surface area contributed by atoms with Gasteiger partial charge in [-0.2, -0.15) is 0 Å². The standard InChI is InChI=1S/C19H17N3O5/c1-10-7-15(21-27-10)22-9-14(19(24)25)17-18(22)13(8-16(23)20-17)11-3-5-12(26-2)6-4-11/h3-7,9,13H,8H2,1-2H3,(H,20,23)(H,24,25)/t13-/m1/s1. The van der Waals surface area contributed by atoms with Crippen LogP contribution < -0.4 is 10.1 Å². The predicted molar refractivity (Wildman–Crippen MR) is 95.6 cm³/mol. The Bertz CT molecular complexity index is 1030. The first-order valence-corrected chi connectivity index (χ1v) is 8.34. The largest absolute Gasteiger partial charge is 0.497 e. The van der Waals surface area contributed by atoms with Crippen LogP contribution in [0, 0.1) is 6.92 Å². The molecule has 1 aromatic carbocycles. The number of ether oxygens (including phenoxy) is 1. The first-order valence-electron chi connectivity index (χ1n) is 8.34. The molecule has 0 fully saturated rings. The van der Waals surface area contributed by atoms with Gasteiger partial charge in [0.25, 0.3) is 0 Å². The van der Waals surface area contributed by atoms with E-state index in [1.54, 1.807) is 24.7 Å². The monoisotopic (exact) mass is 367 g/mol. The maximum Gasteiger partial charge on any atom is 0.339 e. The molecule has 1 aliphatic rings. The molecular formula is C19H17N3O5. The third-order valence-electron chi connectivity index (χ3n) is 4.64. The number of nitrogens with one attached hydrogen (secondary N) is 1. The summed E-state index contributed by atoms with van der Waals surface area (Å²) in [5, 5.41) is 16.3. The Morgan fingerprint density at radius 2 is 2.11 bits per heavy atom. The summed E-state index contributed by atoms with van der Waals surface area (Å²) in [6.07, 6.45) is 1.66. The highest BCUT2D eigenvalue weighted by molar-refractivity contribution is 6.04. The summed E-state index contributed by atoms with van der Waals surface area (Å²) >= 11 is 0. The molecule has 4 rings (SSSR count). The molecule has 0 bridgehead atoms. The molecule has 0 unspecified atom stereocenters. The molecule has 0 aliphatic carbocycles. The molecule has 3 aromatic rings. The van der Waals surface area contributed by atoms with Gasteiger partial charge in [-0.3, -0.25) is 9.36 Å². The number of fused-ring (bicyclic) bond motifs is 1. The highest BCUT2D eigenvalue weighted by Gasteiger charge is 2.35. The van der Waals surface area contributed by atoms with Gasteiger partial charge in [0.2, 0.25) is 5.91 Å². The number of carboxylic acids is 1. The number of anilines is 1. The zero-order valence-corrected chi connectivity index (χ0v) is 14.7. The smallest absolute Gasteiger partial charge is 0.339 e. The van der Waals surface area contributed by atoms with E-state index in [1.807, 2.05) is 24.3 Å². The summed E-state index contributed by atoms with van der Waals surface area (Å²) in [4.78, 5) is 24.0. The maximum atomic E-state index is 12.3. The van der Waals surface area contributed by atoms with E-state index in [4.69, 9.17) is 9.26 Å². The molecule has 8 heteroatoms. The molecule has 8 nitrogen and oxygen atoms in total. The molecule has 1 amide bonds. The number of carboxylic acid groups (broad SMARTS) is 1. The number of aromatic nitrogens is 2.